The smallest absolute Gasteiger partial charge is 0.323 e. The summed E-state index contributed by atoms with van der Waals surface area (Å²) in [6, 6.07) is -0.310. The summed E-state index contributed by atoms with van der Waals surface area (Å²) in [5.74, 6) is -0.268. The topological polar surface area (TPSA) is 63.0 Å². The van der Waals surface area contributed by atoms with Gasteiger partial charge in [-0.25, -0.2) is 0 Å². The highest BCUT2D eigenvalue weighted by atomic mass is 16.5. The van der Waals surface area contributed by atoms with Crippen LogP contribution < -0.4 is 5.32 Å². The third-order valence-corrected chi connectivity index (χ3v) is 1.87. The van der Waals surface area contributed by atoms with Gasteiger partial charge in [0.15, 0.2) is 5.66 Å². The molecule has 0 aromatic heterocycles. The first kappa shape index (κ1) is 9.12. The van der Waals surface area contributed by atoms with Crippen LogP contribution in [0.25, 0.3) is 0 Å². The molecule has 0 aromatic rings. The van der Waals surface area contributed by atoms with E-state index >= 15 is 0 Å². The van der Waals surface area contributed by atoms with E-state index in [9.17, 15) is 4.79 Å². The Morgan fingerprint density at radius 2 is 2.25 bits per heavy atom. The van der Waals surface area contributed by atoms with Crippen molar-refractivity contribution in [2.45, 2.75) is 25.0 Å². The van der Waals surface area contributed by atoms with E-state index < -0.39 is 0 Å². The number of esters is 1. The second kappa shape index (κ2) is 3.18. The first-order valence-corrected chi connectivity index (χ1v) is 3.80. The fourth-order valence-corrected chi connectivity index (χ4v) is 0.999. The van der Waals surface area contributed by atoms with Crippen molar-refractivity contribution in [3.63, 3.8) is 0 Å². The predicted octanol–water partition coefficient (Wildman–Crippen LogP) is 0.319. The van der Waals surface area contributed by atoms with Crippen LogP contribution in [0.2, 0.25) is 0 Å². The Labute approximate surface area is 71.2 Å². The van der Waals surface area contributed by atoms with Crippen LogP contribution in [0, 0.1) is 0 Å². The van der Waals surface area contributed by atoms with Crippen LogP contribution in [-0.2, 0) is 9.53 Å². The Balaban J connectivity index is 2.40. The van der Waals surface area contributed by atoms with Crippen LogP contribution in [-0.4, -0.2) is 31.8 Å². The third kappa shape index (κ3) is 2.01. The molecule has 1 unspecified atom stereocenters. The Bertz CT molecular complexity index is 209. The van der Waals surface area contributed by atoms with Crippen molar-refractivity contribution >= 4 is 5.97 Å². The zero-order valence-corrected chi connectivity index (χ0v) is 7.50. The number of nitrogens with zero attached hydrogens (tertiary/aromatic N) is 2. The molecule has 1 aliphatic heterocycles. The van der Waals surface area contributed by atoms with Gasteiger partial charge in [0.2, 0.25) is 0 Å². The van der Waals surface area contributed by atoms with Crippen molar-refractivity contribution < 1.29 is 9.53 Å². The Kier molecular flexibility index (Phi) is 2.42. The molecule has 0 amide bonds. The van der Waals surface area contributed by atoms with Gasteiger partial charge >= 0.3 is 5.97 Å². The van der Waals surface area contributed by atoms with Gasteiger partial charge in [0.25, 0.3) is 0 Å². The Hall–Kier alpha value is -0.970. The molecule has 0 spiro atoms. The van der Waals surface area contributed by atoms with E-state index in [1.165, 1.54) is 7.11 Å². The standard InChI is InChI=1S/C7H13N3O2/c1-7(9-10-7)4-5(8-2)6(11)12-3/h5,8H,4H2,1-3H3. The van der Waals surface area contributed by atoms with E-state index in [2.05, 4.69) is 20.3 Å². The van der Waals surface area contributed by atoms with E-state index in [0.717, 1.165) is 0 Å². The molecule has 1 N–H and O–H groups in total. The summed E-state index contributed by atoms with van der Waals surface area (Å²) >= 11 is 0. The van der Waals surface area contributed by atoms with Crippen LogP contribution in [0.5, 0.6) is 0 Å². The number of carbonyl (C=O) groups excluding carboxylic acids is 1. The lowest BCUT2D eigenvalue weighted by Crippen LogP contribution is -2.38. The first-order valence-electron chi connectivity index (χ1n) is 3.80. The average molecular weight is 171 g/mol. The van der Waals surface area contributed by atoms with Crippen molar-refractivity contribution in [3.05, 3.63) is 0 Å². The molecule has 0 saturated carbocycles. The minimum absolute atomic E-state index is 0.268. The van der Waals surface area contributed by atoms with Gasteiger partial charge < -0.3 is 10.1 Å². The van der Waals surface area contributed by atoms with E-state index in [1.54, 1.807) is 7.05 Å². The summed E-state index contributed by atoms with van der Waals surface area (Å²) in [5, 5.41) is 10.5. The second-order valence-electron chi connectivity index (χ2n) is 2.99. The van der Waals surface area contributed by atoms with Crippen LogP contribution in [0.15, 0.2) is 10.2 Å². The van der Waals surface area contributed by atoms with Gasteiger partial charge in [0.1, 0.15) is 6.04 Å². The van der Waals surface area contributed by atoms with Crippen molar-refractivity contribution in [3.8, 4) is 0 Å². The summed E-state index contributed by atoms with van der Waals surface area (Å²) in [6.07, 6.45) is 0.566. The molecule has 0 radical (unpaired) electrons. The van der Waals surface area contributed by atoms with E-state index in [0.29, 0.717) is 6.42 Å². The molecule has 0 bridgehead atoms. The van der Waals surface area contributed by atoms with Crippen molar-refractivity contribution in [2.75, 3.05) is 14.2 Å². The molecule has 1 aliphatic rings. The molecule has 12 heavy (non-hydrogen) atoms. The van der Waals surface area contributed by atoms with Crippen LogP contribution >= 0.6 is 0 Å². The maximum atomic E-state index is 11.1. The molecule has 0 aromatic carbocycles. The summed E-state index contributed by atoms with van der Waals surface area (Å²) < 4.78 is 4.59. The molecule has 0 aliphatic carbocycles. The monoisotopic (exact) mass is 171 g/mol. The Morgan fingerprint density at radius 1 is 1.67 bits per heavy atom. The maximum absolute atomic E-state index is 11.1. The molecule has 5 nitrogen and oxygen atoms in total. The minimum atomic E-state index is -0.359. The highest BCUT2D eigenvalue weighted by Gasteiger charge is 2.38. The normalized spacial score (nSPS) is 20.2. The third-order valence-electron chi connectivity index (χ3n) is 1.87. The van der Waals surface area contributed by atoms with Gasteiger partial charge in [-0.1, -0.05) is 0 Å². The largest absolute Gasteiger partial charge is 0.468 e. The van der Waals surface area contributed by atoms with Crippen LogP contribution in [0.1, 0.15) is 13.3 Å². The van der Waals surface area contributed by atoms with Gasteiger partial charge in [0, 0.05) is 6.42 Å². The molecule has 0 fully saturated rings. The molecule has 0 saturated heterocycles. The first-order chi connectivity index (χ1) is 5.61. The lowest BCUT2D eigenvalue weighted by atomic mass is 10.1. The highest BCUT2D eigenvalue weighted by Crippen LogP contribution is 2.32. The van der Waals surface area contributed by atoms with E-state index in [4.69, 9.17) is 0 Å². The van der Waals surface area contributed by atoms with Gasteiger partial charge in [-0.2, -0.15) is 10.2 Å². The van der Waals surface area contributed by atoms with Gasteiger partial charge in [-0.3, -0.25) is 4.79 Å². The lowest BCUT2D eigenvalue weighted by molar-refractivity contribution is -0.143. The van der Waals surface area contributed by atoms with Gasteiger partial charge in [0.05, 0.1) is 7.11 Å². The fraction of sp³-hybridized carbons (Fsp3) is 0.857. The molecule has 5 heteroatoms. The van der Waals surface area contributed by atoms with Gasteiger partial charge in [-0.15, -0.1) is 0 Å². The molecule has 1 rings (SSSR count). The number of methoxy groups -OCH3 is 1. The number of ether oxygens (including phenoxy) is 1. The predicted molar refractivity (Wildman–Crippen MR) is 42.7 cm³/mol. The number of nitrogens with one attached hydrogen (secondary N) is 1. The second-order valence-corrected chi connectivity index (χ2v) is 2.99. The highest BCUT2D eigenvalue weighted by molar-refractivity contribution is 5.75. The SMILES string of the molecule is CNC(CC1(C)N=N1)C(=O)OC. The van der Waals surface area contributed by atoms with Gasteiger partial charge in [-0.05, 0) is 14.0 Å². The van der Waals surface area contributed by atoms with E-state index in [1.807, 2.05) is 6.92 Å². The zero-order valence-electron chi connectivity index (χ0n) is 7.50. The van der Waals surface area contributed by atoms with Crippen LogP contribution in [0.4, 0.5) is 0 Å². The summed E-state index contributed by atoms with van der Waals surface area (Å²) in [4.78, 5) is 11.1. The average Bonchev–Trinajstić information content (AvgIpc) is 2.79. The van der Waals surface area contributed by atoms with Crippen molar-refractivity contribution in [2.24, 2.45) is 10.2 Å². The minimum Gasteiger partial charge on any atom is -0.468 e. The van der Waals surface area contributed by atoms with Crippen molar-refractivity contribution in [1.29, 1.82) is 0 Å². The summed E-state index contributed by atoms with van der Waals surface area (Å²) in [7, 11) is 3.09. The quantitative estimate of drug-likeness (QED) is 0.619. The number of hydrogen-bond acceptors (Lipinski definition) is 5. The van der Waals surface area contributed by atoms with E-state index in [-0.39, 0.29) is 17.7 Å². The molecule has 1 heterocycles. The number of carbonyl (C=O) groups is 1. The lowest BCUT2D eigenvalue weighted by Gasteiger charge is -2.14. The zero-order chi connectivity index (χ0) is 9.19. The molecular formula is C7H13N3O2. The summed E-state index contributed by atoms with van der Waals surface area (Å²) in [6.45, 7) is 1.88. The molecule has 1 atom stereocenters. The van der Waals surface area contributed by atoms with Crippen LogP contribution in [0.3, 0.4) is 0 Å². The van der Waals surface area contributed by atoms with Crippen molar-refractivity contribution in [1.82, 2.24) is 5.32 Å². The molecule has 68 valence electrons. The number of rotatable bonds is 4. The number of likely N-dealkylation sites (N-methyl/N-ethyl adjacent to an activating group) is 1. The number of hydrogen-bond donors (Lipinski definition) is 1. The Morgan fingerprint density at radius 3 is 2.58 bits per heavy atom. The molecular weight excluding hydrogens is 158 g/mol. The fourth-order valence-electron chi connectivity index (χ4n) is 0.999. The maximum Gasteiger partial charge on any atom is 0.323 e. The summed E-state index contributed by atoms with van der Waals surface area (Å²) in [5.41, 5.74) is -0.359.